The normalized spacial score (nSPS) is 16.0. The molecule has 0 aliphatic carbocycles. The van der Waals surface area contributed by atoms with E-state index in [2.05, 4.69) is 20.9 Å². The first kappa shape index (κ1) is 17.9. The number of aromatic nitrogens is 2. The van der Waals surface area contributed by atoms with Gasteiger partial charge in [0.1, 0.15) is 24.0 Å². The minimum absolute atomic E-state index is 0.0538. The average molecular weight is 376 g/mol. The minimum atomic E-state index is 0.0538. The minimum Gasteiger partial charge on any atom is -0.493 e. The van der Waals surface area contributed by atoms with Gasteiger partial charge in [-0.05, 0) is 30.3 Å². The maximum atomic E-state index is 8.90. The summed E-state index contributed by atoms with van der Waals surface area (Å²) in [6.45, 7) is 1.56. The topological polar surface area (TPSA) is 80.5 Å². The summed E-state index contributed by atoms with van der Waals surface area (Å²) in [5, 5.41) is 9.82. The third-order valence-electron chi connectivity index (χ3n) is 4.85. The maximum absolute atomic E-state index is 8.90. The largest absolute Gasteiger partial charge is 0.493 e. The fourth-order valence-corrected chi connectivity index (χ4v) is 3.44. The van der Waals surface area contributed by atoms with Crippen molar-refractivity contribution in [3.05, 3.63) is 48.3 Å². The quantitative estimate of drug-likeness (QED) is 0.676. The zero-order valence-corrected chi connectivity index (χ0v) is 15.8. The molecule has 1 aliphatic heterocycles. The van der Waals surface area contributed by atoms with Crippen molar-refractivity contribution < 1.29 is 14.2 Å². The highest BCUT2D eigenvalue weighted by Gasteiger charge is 2.27. The summed E-state index contributed by atoms with van der Waals surface area (Å²) in [5.41, 5.74) is 1.43. The molecule has 0 saturated carbocycles. The molecule has 2 heterocycles. The number of nitriles is 1. The highest BCUT2D eigenvalue weighted by molar-refractivity contribution is 5.92. The van der Waals surface area contributed by atoms with Gasteiger partial charge in [0, 0.05) is 24.4 Å². The van der Waals surface area contributed by atoms with E-state index >= 15 is 0 Å². The van der Waals surface area contributed by atoms with Crippen LogP contribution in [0.3, 0.4) is 0 Å². The molecular weight excluding hydrogens is 356 g/mol. The van der Waals surface area contributed by atoms with E-state index in [9.17, 15) is 0 Å². The highest BCUT2D eigenvalue weighted by atomic mass is 16.5. The van der Waals surface area contributed by atoms with Gasteiger partial charge in [0.15, 0.2) is 11.5 Å². The first-order chi connectivity index (χ1) is 13.7. The lowest BCUT2D eigenvalue weighted by molar-refractivity contribution is 0.225. The monoisotopic (exact) mass is 376 g/mol. The van der Waals surface area contributed by atoms with Gasteiger partial charge in [0.2, 0.25) is 0 Å². The van der Waals surface area contributed by atoms with Crippen molar-refractivity contribution in [2.24, 2.45) is 0 Å². The average Bonchev–Trinajstić information content (AvgIpc) is 3.21. The number of ether oxygens (including phenoxy) is 3. The van der Waals surface area contributed by atoms with Crippen molar-refractivity contribution in [3.8, 4) is 23.3 Å². The Bertz CT molecular complexity index is 1030. The van der Waals surface area contributed by atoms with Crippen molar-refractivity contribution in [1.82, 2.24) is 9.97 Å². The van der Waals surface area contributed by atoms with Gasteiger partial charge < -0.3 is 19.1 Å². The second-order valence-electron chi connectivity index (χ2n) is 6.53. The molecule has 0 N–H and O–H groups in total. The predicted molar refractivity (Wildman–Crippen MR) is 105 cm³/mol. The molecule has 0 amide bonds. The lowest BCUT2D eigenvalue weighted by Gasteiger charge is -2.20. The Kier molecular flexibility index (Phi) is 4.85. The third kappa shape index (κ3) is 3.37. The van der Waals surface area contributed by atoms with E-state index in [-0.39, 0.29) is 6.10 Å². The molecule has 4 rings (SSSR count). The third-order valence-corrected chi connectivity index (χ3v) is 4.85. The van der Waals surface area contributed by atoms with Crippen LogP contribution < -0.4 is 19.1 Å². The van der Waals surface area contributed by atoms with Crippen LogP contribution in [0.15, 0.2) is 42.7 Å². The summed E-state index contributed by atoms with van der Waals surface area (Å²) < 4.78 is 16.9. The Morgan fingerprint density at radius 2 is 1.82 bits per heavy atom. The van der Waals surface area contributed by atoms with Gasteiger partial charge in [-0.15, -0.1) is 0 Å². The SMILES string of the molecule is COc1cc2ncnc(N3CC[C@@H](Oc4ccc(C#N)cc4)C3)c2cc1OC. The van der Waals surface area contributed by atoms with Gasteiger partial charge in [-0.3, -0.25) is 0 Å². The van der Waals surface area contributed by atoms with E-state index in [1.165, 1.54) is 0 Å². The molecule has 0 bridgehead atoms. The molecule has 28 heavy (non-hydrogen) atoms. The lowest BCUT2D eigenvalue weighted by atomic mass is 10.2. The molecule has 1 aliphatic rings. The van der Waals surface area contributed by atoms with E-state index in [4.69, 9.17) is 19.5 Å². The molecule has 1 saturated heterocycles. The highest BCUT2D eigenvalue weighted by Crippen LogP contribution is 2.35. The summed E-state index contributed by atoms with van der Waals surface area (Å²) in [6, 6.07) is 13.1. The summed E-state index contributed by atoms with van der Waals surface area (Å²) in [6.07, 6.45) is 2.51. The number of hydrogen-bond acceptors (Lipinski definition) is 7. The van der Waals surface area contributed by atoms with Crippen LogP contribution in [-0.4, -0.2) is 43.4 Å². The molecule has 7 nitrogen and oxygen atoms in total. The van der Waals surface area contributed by atoms with E-state index < -0.39 is 0 Å². The molecular formula is C21H20N4O3. The maximum Gasteiger partial charge on any atom is 0.162 e. The summed E-state index contributed by atoms with van der Waals surface area (Å²) in [4.78, 5) is 11.1. The van der Waals surface area contributed by atoms with Crippen LogP contribution in [0.4, 0.5) is 5.82 Å². The number of methoxy groups -OCH3 is 2. The summed E-state index contributed by atoms with van der Waals surface area (Å²) in [7, 11) is 3.22. The standard InChI is InChI=1S/C21H20N4O3/c1-26-19-9-17-18(10-20(19)27-2)23-13-24-21(17)25-8-7-16(12-25)28-15-5-3-14(11-22)4-6-15/h3-6,9-10,13,16H,7-8,12H2,1-2H3/t16-/m1/s1. The van der Waals surface area contributed by atoms with Crippen LogP contribution >= 0.6 is 0 Å². The van der Waals surface area contributed by atoms with Crippen LogP contribution in [-0.2, 0) is 0 Å². The Morgan fingerprint density at radius 3 is 2.54 bits per heavy atom. The van der Waals surface area contributed by atoms with Gasteiger partial charge in [-0.25, -0.2) is 9.97 Å². The van der Waals surface area contributed by atoms with Crippen molar-refractivity contribution >= 4 is 16.7 Å². The molecule has 2 aromatic carbocycles. The predicted octanol–water partition coefficient (Wildman–Crippen LogP) is 3.18. The number of benzene rings is 2. The Balaban J connectivity index is 1.56. The molecule has 0 unspecified atom stereocenters. The van der Waals surface area contributed by atoms with Crippen molar-refractivity contribution in [2.75, 3.05) is 32.2 Å². The molecule has 0 radical (unpaired) electrons. The number of anilines is 1. The molecule has 3 aromatic rings. The molecule has 0 spiro atoms. The second-order valence-corrected chi connectivity index (χ2v) is 6.53. The van der Waals surface area contributed by atoms with Crippen LogP contribution in [0, 0.1) is 11.3 Å². The van der Waals surface area contributed by atoms with E-state index in [0.717, 1.165) is 42.0 Å². The molecule has 1 fully saturated rings. The van der Waals surface area contributed by atoms with Gasteiger partial charge in [0.05, 0.1) is 37.9 Å². The van der Waals surface area contributed by atoms with E-state index in [1.54, 1.807) is 32.7 Å². The van der Waals surface area contributed by atoms with Crippen molar-refractivity contribution in [2.45, 2.75) is 12.5 Å². The summed E-state index contributed by atoms with van der Waals surface area (Å²) in [5.74, 6) is 2.92. The van der Waals surface area contributed by atoms with Gasteiger partial charge in [0.25, 0.3) is 0 Å². The Morgan fingerprint density at radius 1 is 1.07 bits per heavy atom. The number of rotatable bonds is 5. The zero-order valence-electron chi connectivity index (χ0n) is 15.8. The first-order valence-electron chi connectivity index (χ1n) is 9.00. The lowest BCUT2D eigenvalue weighted by Crippen LogP contribution is -2.25. The zero-order chi connectivity index (χ0) is 19.5. The van der Waals surface area contributed by atoms with Crippen LogP contribution in [0.1, 0.15) is 12.0 Å². The van der Waals surface area contributed by atoms with Gasteiger partial charge in [-0.2, -0.15) is 5.26 Å². The Labute approximate surface area is 163 Å². The van der Waals surface area contributed by atoms with Crippen LogP contribution in [0.2, 0.25) is 0 Å². The smallest absolute Gasteiger partial charge is 0.162 e. The van der Waals surface area contributed by atoms with E-state index in [0.29, 0.717) is 17.1 Å². The van der Waals surface area contributed by atoms with Gasteiger partial charge >= 0.3 is 0 Å². The fourth-order valence-electron chi connectivity index (χ4n) is 3.44. The number of hydrogen-bond donors (Lipinski definition) is 0. The Hall–Kier alpha value is -3.53. The summed E-state index contributed by atoms with van der Waals surface area (Å²) >= 11 is 0. The molecule has 1 atom stereocenters. The molecule has 142 valence electrons. The van der Waals surface area contributed by atoms with Crippen LogP contribution in [0.5, 0.6) is 17.2 Å². The van der Waals surface area contributed by atoms with Crippen molar-refractivity contribution in [3.63, 3.8) is 0 Å². The van der Waals surface area contributed by atoms with Crippen molar-refractivity contribution in [1.29, 1.82) is 5.26 Å². The molecule has 7 heteroatoms. The number of fused-ring (bicyclic) bond motifs is 1. The first-order valence-corrected chi connectivity index (χ1v) is 9.00. The van der Waals surface area contributed by atoms with Gasteiger partial charge in [-0.1, -0.05) is 0 Å². The number of nitrogens with zero attached hydrogens (tertiary/aromatic N) is 4. The second kappa shape index (κ2) is 7.61. The molecule has 1 aromatic heterocycles. The fraction of sp³-hybridized carbons (Fsp3) is 0.286. The van der Waals surface area contributed by atoms with E-state index in [1.807, 2.05) is 24.3 Å². The van der Waals surface area contributed by atoms with Crippen LogP contribution in [0.25, 0.3) is 10.9 Å².